The van der Waals surface area contributed by atoms with Gasteiger partial charge in [-0.2, -0.15) is 0 Å². The summed E-state index contributed by atoms with van der Waals surface area (Å²) in [6.45, 7) is 0.748. The Balaban J connectivity index is 2.30. The maximum Gasteiger partial charge on any atom is 0.270 e. The Morgan fingerprint density at radius 1 is 1.41 bits per heavy atom. The van der Waals surface area contributed by atoms with Crippen LogP contribution in [0, 0.1) is 5.82 Å². The second kappa shape index (κ2) is 3.58. The number of carbonyl (C=O) groups excluding carboxylic acids is 1. The van der Waals surface area contributed by atoms with Gasteiger partial charge >= 0.3 is 0 Å². The zero-order valence-electron chi connectivity index (χ0n) is 9.59. The second-order valence-corrected chi connectivity index (χ2v) is 4.47. The van der Waals surface area contributed by atoms with Crippen LogP contribution in [0.4, 0.5) is 4.39 Å². The predicted octanol–water partition coefficient (Wildman–Crippen LogP) is 2.33. The Kier molecular flexibility index (Phi) is 2.18. The van der Waals surface area contributed by atoms with E-state index in [1.54, 1.807) is 18.0 Å². The molecule has 1 aliphatic rings. The fourth-order valence-electron chi connectivity index (χ4n) is 2.47. The van der Waals surface area contributed by atoms with Gasteiger partial charge in [0.25, 0.3) is 5.91 Å². The molecule has 0 bridgehead atoms. The van der Waals surface area contributed by atoms with Crippen molar-refractivity contribution in [1.29, 1.82) is 0 Å². The van der Waals surface area contributed by atoms with Crippen molar-refractivity contribution in [1.82, 2.24) is 9.88 Å². The van der Waals surface area contributed by atoms with E-state index in [-0.39, 0.29) is 11.7 Å². The molecule has 0 aliphatic carbocycles. The Labute approximate surface area is 98.2 Å². The van der Waals surface area contributed by atoms with Crippen molar-refractivity contribution in [2.24, 2.45) is 0 Å². The molecule has 0 saturated carbocycles. The van der Waals surface area contributed by atoms with E-state index in [0.717, 1.165) is 30.3 Å². The maximum absolute atomic E-state index is 13.6. The van der Waals surface area contributed by atoms with Gasteiger partial charge in [-0.1, -0.05) is 12.1 Å². The zero-order chi connectivity index (χ0) is 12.0. The number of H-pyrrole nitrogens is 1. The zero-order valence-corrected chi connectivity index (χ0v) is 9.59. The number of aromatic nitrogens is 1. The number of nitrogens with zero attached hydrogens (tertiary/aromatic N) is 1. The lowest BCUT2D eigenvalue weighted by molar-refractivity contribution is 0.0795. The lowest BCUT2D eigenvalue weighted by Crippen LogP contribution is -2.26. The highest BCUT2D eigenvalue weighted by Gasteiger charge is 2.24. The predicted molar refractivity (Wildman–Crippen MR) is 63.5 cm³/mol. The van der Waals surface area contributed by atoms with Crippen LogP contribution in [0.2, 0.25) is 0 Å². The summed E-state index contributed by atoms with van der Waals surface area (Å²) in [7, 11) is 1.78. The topological polar surface area (TPSA) is 36.1 Å². The van der Waals surface area contributed by atoms with Crippen LogP contribution in [0.25, 0.3) is 10.9 Å². The van der Waals surface area contributed by atoms with Crippen molar-refractivity contribution in [3.63, 3.8) is 0 Å². The molecule has 0 radical (unpaired) electrons. The number of nitrogens with one attached hydrogen (secondary N) is 1. The van der Waals surface area contributed by atoms with Crippen LogP contribution in [-0.2, 0) is 6.42 Å². The molecule has 2 aromatic rings. The molecule has 3 nitrogen and oxygen atoms in total. The first-order chi connectivity index (χ1) is 8.18. The van der Waals surface area contributed by atoms with Gasteiger partial charge in [0, 0.05) is 19.0 Å². The highest BCUT2D eigenvalue weighted by molar-refractivity contribution is 6.01. The maximum atomic E-state index is 13.6. The first kappa shape index (κ1) is 10.3. The van der Waals surface area contributed by atoms with E-state index in [9.17, 15) is 9.18 Å². The van der Waals surface area contributed by atoms with Crippen LogP contribution >= 0.6 is 0 Å². The summed E-state index contributed by atoms with van der Waals surface area (Å²) in [5.41, 5.74) is 1.94. The van der Waals surface area contributed by atoms with Gasteiger partial charge in [-0.3, -0.25) is 4.79 Å². The molecule has 1 aliphatic heterocycles. The summed E-state index contributed by atoms with van der Waals surface area (Å²) in [6.07, 6.45) is 1.73. The lowest BCUT2D eigenvalue weighted by Gasteiger charge is -2.12. The van der Waals surface area contributed by atoms with Crippen molar-refractivity contribution in [2.75, 3.05) is 13.6 Å². The number of rotatable bonds is 0. The molecule has 3 rings (SSSR count). The van der Waals surface area contributed by atoms with Gasteiger partial charge in [0.1, 0.15) is 11.5 Å². The lowest BCUT2D eigenvalue weighted by atomic mass is 10.1. The standard InChI is InChI=1S/C13H13FN2O/c1-16-7-3-5-9-8-4-2-6-10(14)11(8)15-12(9)13(16)17/h2,4,6,15H,3,5,7H2,1H3. The third kappa shape index (κ3) is 1.44. The number of halogens is 1. The molecule has 88 valence electrons. The van der Waals surface area contributed by atoms with Gasteiger partial charge < -0.3 is 9.88 Å². The number of amides is 1. The molecular weight excluding hydrogens is 219 g/mol. The quantitative estimate of drug-likeness (QED) is 0.743. The normalized spacial score (nSPS) is 16.1. The van der Waals surface area contributed by atoms with Crippen molar-refractivity contribution in [3.8, 4) is 0 Å². The minimum atomic E-state index is -0.300. The van der Waals surface area contributed by atoms with E-state index in [2.05, 4.69) is 4.98 Å². The molecule has 1 amide bonds. The molecule has 17 heavy (non-hydrogen) atoms. The molecule has 0 spiro atoms. The third-order valence-corrected chi connectivity index (χ3v) is 3.37. The van der Waals surface area contributed by atoms with Crippen LogP contribution in [0.15, 0.2) is 18.2 Å². The third-order valence-electron chi connectivity index (χ3n) is 3.37. The number of aryl methyl sites for hydroxylation is 1. The average Bonchev–Trinajstić information content (AvgIpc) is 2.62. The summed E-state index contributed by atoms with van der Waals surface area (Å²) in [4.78, 5) is 16.7. The summed E-state index contributed by atoms with van der Waals surface area (Å²) in [6, 6.07) is 4.96. The molecule has 2 heterocycles. The molecule has 0 fully saturated rings. The van der Waals surface area contributed by atoms with E-state index in [0.29, 0.717) is 11.2 Å². The molecule has 0 saturated heterocycles. The van der Waals surface area contributed by atoms with Crippen molar-refractivity contribution in [2.45, 2.75) is 12.8 Å². The number of hydrogen-bond acceptors (Lipinski definition) is 1. The molecule has 4 heteroatoms. The van der Waals surface area contributed by atoms with Crippen LogP contribution in [-0.4, -0.2) is 29.4 Å². The Hall–Kier alpha value is -1.84. The molecular formula is C13H13FN2O. The molecule has 1 N–H and O–H groups in total. The number of para-hydroxylation sites is 1. The molecule has 0 atom stereocenters. The summed E-state index contributed by atoms with van der Waals surface area (Å²) in [5, 5.41) is 0.837. The van der Waals surface area contributed by atoms with E-state index < -0.39 is 0 Å². The number of carbonyl (C=O) groups is 1. The molecule has 1 aromatic carbocycles. The van der Waals surface area contributed by atoms with Crippen LogP contribution in [0.1, 0.15) is 22.5 Å². The average molecular weight is 232 g/mol. The SMILES string of the molecule is CN1CCCc2c([nH]c3c(F)cccc23)C1=O. The fourth-order valence-corrected chi connectivity index (χ4v) is 2.47. The Morgan fingerprint density at radius 3 is 3.06 bits per heavy atom. The van der Waals surface area contributed by atoms with Gasteiger partial charge in [-0.25, -0.2) is 4.39 Å². The van der Waals surface area contributed by atoms with Gasteiger partial charge in [0.15, 0.2) is 0 Å². The van der Waals surface area contributed by atoms with Crippen LogP contribution in [0.3, 0.4) is 0 Å². The fraction of sp³-hybridized carbons (Fsp3) is 0.308. The summed E-state index contributed by atoms with van der Waals surface area (Å²) in [5.74, 6) is -0.348. The smallest absolute Gasteiger partial charge is 0.270 e. The first-order valence-corrected chi connectivity index (χ1v) is 5.73. The van der Waals surface area contributed by atoms with Crippen LogP contribution in [0.5, 0.6) is 0 Å². The highest BCUT2D eigenvalue weighted by atomic mass is 19.1. The van der Waals surface area contributed by atoms with Gasteiger partial charge in [0.2, 0.25) is 0 Å². The van der Waals surface area contributed by atoms with Crippen molar-refractivity contribution < 1.29 is 9.18 Å². The van der Waals surface area contributed by atoms with E-state index in [1.807, 2.05) is 6.07 Å². The highest BCUT2D eigenvalue weighted by Crippen LogP contribution is 2.28. The molecule has 1 aromatic heterocycles. The number of aromatic amines is 1. The number of benzene rings is 1. The largest absolute Gasteiger partial charge is 0.348 e. The molecule has 0 unspecified atom stereocenters. The van der Waals surface area contributed by atoms with Crippen molar-refractivity contribution in [3.05, 3.63) is 35.3 Å². The minimum absolute atomic E-state index is 0.0481. The minimum Gasteiger partial charge on any atom is -0.348 e. The Morgan fingerprint density at radius 2 is 2.24 bits per heavy atom. The van der Waals surface area contributed by atoms with Crippen LogP contribution < -0.4 is 0 Å². The number of hydrogen-bond donors (Lipinski definition) is 1. The monoisotopic (exact) mass is 232 g/mol. The second-order valence-electron chi connectivity index (χ2n) is 4.47. The Bertz CT molecular complexity index is 603. The summed E-state index contributed by atoms with van der Waals surface area (Å²) >= 11 is 0. The van der Waals surface area contributed by atoms with E-state index in [1.165, 1.54) is 6.07 Å². The summed E-state index contributed by atoms with van der Waals surface area (Å²) < 4.78 is 13.6. The first-order valence-electron chi connectivity index (χ1n) is 5.73. The van der Waals surface area contributed by atoms with E-state index in [4.69, 9.17) is 0 Å². The van der Waals surface area contributed by atoms with Gasteiger partial charge in [-0.15, -0.1) is 0 Å². The van der Waals surface area contributed by atoms with E-state index >= 15 is 0 Å². The van der Waals surface area contributed by atoms with Gasteiger partial charge in [0.05, 0.1) is 5.52 Å². The number of fused-ring (bicyclic) bond motifs is 3. The van der Waals surface area contributed by atoms with Gasteiger partial charge in [-0.05, 0) is 24.5 Å². The van der Waals surface area contributed by atoms with Crippen molar-refractivity contribution >= 4 is 16.8 Å².